The maximum atomic E-state index is 11.2. The molecule has 0 heterocycles. The summed E-state index contributed by atoms with van der Waals surface area (Å²) in [4.78, 5) is 11.2. The minimum atomic E-state index is -1.00. The molecule has 0 atom stereocenters. The van der Waals surface area contributed by atoms with E-state index in [1.54, 1.807) is 31.5 Å². The highest BCUT2D eigenvalue weighted by molar-refractivity contribution is 6.02. The Kier molecular flexibility index (Phi) is 4.43. The van der Waals surface area contributed by atoms with Crippen molar-refractivity contribution in [3.8, 4) is 5.75 Å². The number of carbonyl (C=O) groups is 1. The van der Waals surface area contributed by atoms with Crippen LogP contribution in [0.15, 0.2) is 65.8 Å². The second kappa shape index (κ2) is 6.83. The van der Waals surface area contributed by atoms with Gasteiger partial charge >= 0.3 is 5.97 Å². The fourth-order valence-electron chi connectivity index (χ4n) is 2.52. The molecule has 24 heavy (non-hydrogen) atoms. The van der Waals surface area contributed by atoms with Crippen molar-refractivity contribution < 1.29 is 14.6 Å². The molecule has 3 aromatic carbocycles. The first-order valence-electron chi connectivity index (χ1n) is 7.38. The molecule has 0 saturated heterocycles. The van der Waals surface area contributed by atoms with Gasteiger partial charge in [-0.25, -0.2) is 4.79 Å². The smallest absolute Gasteiger partial charge is 0.337 e. The summed E-state index contributed by atoms with van der Waals surface area (Å²) in [6.07, 6.45) is 1.64. The first-order valence-corrected chi connectivity index (χ1v) is 7.38. The third kappa shape index (κ3) is 3.05. The van der Waals surface area contributed by atoms with Crippen molar-refractivity contribution >= 4 is 28.6 Å². The van der Waals surface area contributed by atoms with E-state index >= 15 is 0 Å². The Bertz CT molecular complexity index is 919. The Balaban J connectivity index is 1.95. The quantitative estimate of drug-likeness (QED) is 0.551. The average molecular weight is 320 g/mol. The lowest BCUT2D eigenvalue weighted by molar-refractivity contribution is 0.0698. The summed E-state index contributed by atoms with van der Waals surface area (Å²) in [6.45, 7) is 0. The molecule has 0 saturated carbocycles. The molecule has 0 aromatic heterocycles. The van der Waals surface area contributed by atoms with Crippen LogP contribution in [0.4, 0.5) is 5.69 Å². The third-order valence-corrected chi connectivity index (χ3v) is 3.69. The number of nitrogens with one attached hydrogen (secondary N) is 1. The Morgan fingerprint density at radius 1 is 1.08 bits per heavy atom. The van der Waals surface area contributed by atoms with Gasteiger partial charge in [0.25, 0.3) is 0 Å². The number of hydrazone groups is 1. The van der Waals surface area contributed by atoms with Crippen LogP contribution in [0.25, 0.3) is 10.8 Å². The Morgan fingerprint density at radius 3 is 2.62 bits per heavy atom. The largest absolute Gasteiger partial charge is 0.496 e. The normalized spacial score (nSPS) is 10.9. The number of anilines is 1. The minimum absolute atomic E-state index is 0.166. The standard InChI is InChI=1S/C19H16N2O3/c1-24-18-11-10-13-6-2-3-7-14(13)16(18)12-20-21-17-9-5-4-8-15(17)19(22)23/h2-12,21H,1H3,(H,22,23). The lowest BCUT2D eigenvalue weighted by Crippen LogP contribution is -2.02. The predicted octanol–water partition coefficient (Wildman–Crippen LogP) is 3.99. The van der Waals surface area contributed by atoms with Gasteiger partial charge in [-0.2, -0.15) is 5.10 Å². The van der Waals surface area contributed by atoms with Crippen molar-refractivity contribution in [1.29, 1.82) is 0 Å². The SMILES string of the molecule is COc1ccc2ccccc2c1C=NNc1ccccc1C(=O)O. The van der Waals surface area contributed by atoms with Crippen LogP contribution in [-0.2, 0) is 0 Å². The first-order chi connectivity index (χ1) is 11.7. The molecule has 0 aliphatic rings. The summed E-state index contributed by atoms with van der Waals surface area (Å²) in [7, 11) is 1.61. The molecule has 0 spiro atoms. The van der Waals surface area contributed by atoms with Gasteiger partial charge < -0.3 is 9.84 Å². The third-order valence-electron chi connectivity index (χ3n) is 3.69. The highest BCUT2D eigenvalue weighted by atomic mass is 16.5. The zero-order valence-corrected chi connectivity index (χ0v) is 13.1. The topological polar surface area (TPSA) is 70.9 Å². The fourth-order valence-corrected chi connectivity index (χ4v) is 2.52. The number of aromatic carboxylic acids is 1. The molecule has 3 aromatic rings. The molecule has 0 unspecified atom stereocenters. The van der Waals surface area contributed by atoms with Crippen molar-refractivity contribution in [2.45, 2.75) is 0 Å². The summed E-state index contributed by atoms with van der Waals surface area (Å²) in [6, 6.07) is 18.4. The van der Waals surface area contributed by atoms with Crippen molar-refractivity contribution in [2.75, 3.05) is 12.5 Å². The number of carboxylic acid groups (broad SMARTS) is 1. The summed E-state index contributed by atoms with van der Waals surface area (Å²) in [5.74, 6) is -0.304. The molecular weight excluding hydrogens is 304 g/mol. The Morgan fingerprint density at radius 2 is 1.83 bits per heavy atom. The van der Waals surface area contributed by atoms with Crippen LogP contribution in [0.3, 0.4) is 0 Å². The average Bonchev–Trinajstić information content (AvgIpc) is 2.62. The van der Waals surface area contributed by atoms with E-state index in [0.717, 1.165) is 16.3 Å². The molecule has 5 heteroatoms. The van der Waals surface area contributed by atoms with Crippen LogP contribution >= 0.6 is 0 Å². The second-order valence-corrected chi connectivity index (χ2v) is 5.12. The maximum absolute atomic E-state index is 11.2. The monoisotopic (exact) mass is 320 g/mol. The number of methoxy groups -OCH3 is 1. The molecule has 0 bridgehead atoms. The van der Waals surface area contributed by atoms with Gasteiger partial charge in [-0.3, -0.25) is 5.43 Å². The molecule has 0 aliphatic heterocycles. The predicted molar refractivity (Wildman–Crippen MR) is 95.1 cm³/mol. The number of rotatable bonds is 5. The molecule has 0 aliphatic carbocycles. The van der Waals surface area contributed by atoms with Crippen molar-refractivity contribution in [3.05, 3.63) is 71.8 Å². The fraction of sp³-hybridized carbons (Fsp3) is 0.0526. The van der Waals surface area contributed by atoms with E-state index in [4.69, 9.17) is 4.74 Å². The molecule has 2 N–H and O–H groups in total. The molecule has 120 valence electrons. The van der Waals surface area contributed by atoms with Gasteiger partial charge in [0, 0.05) is 5.56 Å². The summed E-state index contributed by atoms with van der Waals surface area (Å²) in [5.41, 5.74) is 4.22. The van der Waals surface area contributed by atoms with E-state index in [-0.39, 0.29) is 5.56 Å². The van der Waals surface area contributed by atoms with E-state index in [2.05, 4.69) is 10.5 Å². The van der Waals surface area contributed by atoms with E-state index in [0.29, 0.717) is 11.4 Å². The summed E-state index contributed by atoms with van der Waals surface area (Å²) < 4.78 is 5.41. The van der Waals surface area contributed by atoms with Gasteiger partial charge in [0.1, 0.15) is 5.75 Å². The van der Waals surface area contributed by atoms with Gasteiger partial charge in [0.2, 0.25) is 0 Å². The number of para-hydroxylation sites is 1. The van der Waals surface area contributed by atoms with Crippen LogP contribution in [-0.4, -0.2) is 24.4 Å². The number of hydrogen-bond donors (Lipinski definition) is 2. The van der Waals surface area contributed by atoms with Crippen molar-refractivity contribution in [1.82, 2.24) is 0 Å². The van der Waals surface area contributed by atoms with Crippen molar-refractivity contribution in [3.63, 3.8) is 0 Å². The second-order valence-electron chi connectivity index (χ2n) is 5.12. The van der Waals surface area contributed by atoms with Gasteiger partial charge in [-0.15, -0.1) is 0 Å². The number of carboxylic acids is 1. The van der Waals surface area contributed by atoms with Gasteiger partial charge in [-0.1, -0.05) is 42.5 Å². The van der Waals surface area contributed by atoms with Crippen molar-refractivity contribution in [2.24, 2.45) is 5.10 Å². The van der Waals surface area contributed by atoms with Crippen LogP contribution < -0.4 is 10.2 Å². The molecule has 0 radical (unpaired) electrons. The zero-order chi connectivity index (χ0) is 16.9. The van der Waals surface area contributed by atoms with Crippen LogP contribution in [0.5, 0.6) is 5.75 Å². The van der Waals surface area contributed by atoms with E-state index < -0.39 is 5.97 Å². The number of benzene rings is 3. The number of hydrogen-bond acceptors (Lipinski definition) is 4. The summed E-state index contributed by atoms with van der Waals surface area (Å²) >= 11 is 0. The lowest BCUT2D eigenvalue weighted by Gasteiger charge is -2.09. The Labute approximate surface area is 139 Å². The van der Waals surface area contributed by atoms with Crippen LogP contribution in [0.2, 0.25) is 0 Å². The van der Waals surface area contributed by atoms with E-state index in [9.17, 15) is 9.90 Å². The van der Waals surface area contributed by atoms with Gasteiger partial charge in [0.15, 0.2) is 0 Å². The Hall–Kier alpha value is -3.34. The molecule has 5 nitrogen and oxygen atoms in total. The zero-order valence-electron chi connectivity index (χ0n) is 13.1. The van der Waals surface area contributed by atoms with E-state index in [1.807, 2.05) is 36.4 Å². The number of fused-ring (bicyclic) bond motifs is 1. The number of nitrogens with zero attached hydrogens (tertiary/aromatic N) is 1. The van der Waals surface area contributed by atoms with E-state index in [1.165, 1.54) is 6.07 Å². The number of ether oxygens (including phenoxy) is 1. The first kappa shape index (κ1) is 15.6. The molecule has 0 amide bonds. The van der Waals surface area contributed by atoms with Gasteiger partial charge in [0.05, 0.1) is 24.6 Å². The molecular formula is C19H16N2O3. The van der Waals surface area contributed by atoms with Crippen LogP contribution in [0.1, 0.15) is 15.9 Å². The molecule has 3 rings (SSSR count). The maximum Gasteiger partial charge on any atom is 0.337 e. The van der Waals surface area contributed by atoms with Gasteiger partial charge in [-0.05, 0) is 29.0 Å². The highest BCUT2D eigenvalue weighted by Gasteiger charge is 2.09. The highest BCUT2D eigenvalue weighted by Crippen LogP contribution is 2.26. The lowest BCUT2D eigenvalue weighted by atomic mass is 10.0. The molecule has 0 fully saturated rings. The van der Waals surface area contributed by atoms with Crippen LogP contribution in [0, 0.1) is 0 Å². The summed E-state index contributed by atoms with van der Waals surface area (Å²) in [5, 5.41) is 15.5. The minimum Gasteiger partial charge on any atom is -0.496 e.